The van der Waals surface area contributed by atoms with E-state index in [2.05, 4.69) is 15.1 Å². The molecule has 0 unspecified atom stereocenters. The van der Waals surface area contributed by atoms with Crippen molar-refractivity contribution in [3.8, 4) is 39.8 Å². The van der Waals surface area contributed by atoms with Crippen LogP contribution < -0.4 is 4.74 Å². The van der Waals surface area contributed by atoms with Gasteiger partial charge in [-0.25, -0.2) is 23.1 Å². The Bertz CT molecular complexity index is 1400. The largest absolute Gasteiger partial charge is 0.497 e. The Balaban J connectivity index is 1.41. The van der Waals surface area contributed by atoms with E-state index in [-0.39, 0.29) is 11.4 Å². The number of hydrogen-bond acceptors (Lipinski definition) is 5. The van der Waals surface area contributed by atoms with Gasteiger partial charge in [0.05, 0.1) is 24.9 Å². The van der Waals surface area contributed by atoms with E-state index in [1.807, 2.05) is 0 Å². The molecule has 0 bridgehead atoms. The normalized spacial score (nSPS) is 11.2. The molecule has 1 aromatic heterocycles. The van der Waals surface area contributed by atoms with Crippen LogP contribution in [0.5, 0.6) is 5.75 Å². The molecule has 0 fully saturated rings. The molecule has 0 atom stereocenters. The molecule has 3 aromatic rings. The van der Waals surface area contributed by atoms with E-state index >= 15 is 0 Å². The van der Waals surface area contributed by atoms with Crippen LogP contribution in [0, 0.1) is 17.5 Å². The van der Waals surface area contributed by atoms with Gasteiger partial charge in [-0.15, -0.1) is 0 Å². The fourth-order valence-corrected chi connectivity index (χ4v) is 3.37. The summed E-state index contributed by atoms with van der Waals surface area (Å²) in [6, 6.07) is 11.7. The molecule has 0 N–H and O–H groups in total. The summed E-state index contributed by atoms with van der Waals surface area (Å²) in [5.74, 6) is -1.41. The maximum absolute atomic E-state index is 14.3. The molecule has 2 aliphatic rings. The van der Waals surface area contributed by atoms with Crippen LogP contribution in [0.25, 0.3) is 34.0 Å². The highest BCUT2D eigenvalue weighted by molar-refractivity contribution is 5.66. The molecule has 0 saturated carbocycles. The molecule has 2 aliphatic heterocycles. The Morgan fingerprint density at radius 2 is 1.75 bits per heavy atom. The maximum atomic E-state index is 14.3. The van der Waals surface area contributed by atoms with E-state index in [1.165, 1.54) is 25.3 Å². The molecule has 32 heavy (non-hydrogen) atoms. The third kappa shape index (κ3) is 3.58. The first-order valence-corrected chi connectivity index (χ1v) is 9.59. The van der Waals surface area contributed by atoms with Gasteiger partial charge in [-0.2, -0.15) is 0 Å². The van der Waals surface area contributed by atoms with Crippen LogP contribution in [-0.2, 0) is 6.54 Å². The minimum atomic E-state index is -0.990. The first-order valence-electron chi connectivity index (χ1n) is 9.59. The zero-order valence-corrected chi connectivity index (χ0v) is 16.7. The summed E-state index contributed by atoms with van der Waals surface area (Å²) in [4.78, 5) is 8.60. The number of fused-ring (bicyclic) bond motifs is 1. The van der Waals surface area contributed by atoms with Gasteiger partial charge in [0.15, 0.2) is 23.2 Å². The van der Waals surface area contributed by atoms with Crippen LogP contribution in [0.15, 0.2) is 65.4 Å². The molecule has 0 saturated heterocycles. The number of nitrogens with zero attached hydrogens (tertiary/aromatic N) is 4. The maximum Gasteiger partial charge on any atom is 0.169 e. The summed E-state index contributed by atoms with van der Waals surface area (Å²) < 4.78 is 54.1. The number of imidazole rings is 1. The van der Waals surface area contributed by atoms with Crippen molar-refractivity contribution in [3.63, 3.8) is 0 Å². The molecule has 0 aliphatic carbocycles. The second kappa shape index (κ2) is 7.84. The van der Waals surface area contributed by atoms with Crippen molar-refractivity contribution in [2.45, 2.75) is 6.54 Å². The predicted molar refractivity (Wildman–Crippen MR) is 110 cm³/mol. The van der Waals surface area contributed by atoms with Gasteiger partial charge in [-0.3, -0.25) is 0 Å². The summed E-state index contributed by atoms with van der Waals surface area (Å²) >= 11 is 0. The number of aromatic nitrogens is 4. The van der Waals surface area contributed by atoms with E-state index in [4.69, 9.17) is 9.26 Å². The minimum Gasteiger partial charge on any atom is -0.497 e. The van der Waals surface area contributed by atoms with Gasteiger partial charge < -0.3 is 13.8 Å². The highest BCUT2D eigenvalue weighted by atomic mass is 19.2. The molecule has 160 valence electrons. The molecular weight excluding hydrogens is 421 g/mol. The molecule has 3 heterocycles. The van der Waals surface area contributed by atoms with Gasteiger partial charge in [-0.1, -0.05) is 11.2 Å². The van der Waals surface area contributed by atoms with Crippen LogP contribution in [0.4, 0.5) is 13.2 Å². The lowest BCUT2D eigenvalue weighted by Gasteiger charge is -2.05. The Labute approximate surface area is 180 Å². The van der Waals surface area contributed by atoms with Crippen molar-refractivity contribution in [2.24, 2.45) is 0 Å². The van der Waals surface area contributed by atoms with Gasteiger partial charge in [0.1, 0.15) is 23.0 Å². The Morgan fingerprint density at radius 3 is 2.56 bits per heavy atom. The summed E-state index contributed by atoms with van der Waals surface area (Å²) in [6.07, 6.45) is 3.46. The lowest BCUT2D eigenvalue weighted by atomic mass is 10.1. The number of benzene rings is 2. The Kier molecular flexibility index (Phi) is 4.85. The number of ether oxygens (including phenoxy) is 1. The third-order valence-electron chi connectivity index (χ3n) is 4.97. The Morgan fingerprint density at radius 1 is 0.906 bits per heavy atom. The monoisotopic (exact) mass is 436 g/mol. The SMILES string of the molecule is COc1ccc(-c2cc(Cn3ccc4nc(-c5cccc(F)c5F)nc-4c3)on2)c(F)c1. The van der Waals surface area contributed by atoms with Gasteiger partial charge >= 0.3 is 0 Å². The van der Waals surface area contributed by atoms with Crippen LogP contribution in [-0.4, -0.2) is 26.8 Å². The quantitative estimate of drug-likeness (QED) is 0.380. The molecule has 0 amide bonds. The smallest absolute Gasteiger partial charge is 0.169 e. The van der Waals surface area contributed by atoms with Crippen LogP contribution in [0.1, 0.15) is 5.76 Å². The topological polar surface area (TPSA) is 66.0 Å². The highest BCUT2D eigenvalue weighted by Gasteiger charge is 2.18. The van der Waals surface area contributed by atoms with Gasteiger partial charge in [0.25, 0.3) is 0 Å². The van der Waals surface area contributed by atoms with E-state index < -0.39 is 17.5 Å². The molecule has 5 rings (SSSR count). The summed E-state index contributed by atoms with van der Waals surface area (Å²) in [5, 5.41) is 3.95. The molecule has 6 nitrogen and oxygen atoms in total. The van der Waals surface area contributed by atoms with Crippen molar-refractivity contribution < 1.29 is 22.4 Å². The van der Waals surface area contributed by atoms with E-state index in [9.17, 15) is 13.2 Å². The number of methoxy groups -OCH3 is 1. The predicted octanol–water partition coefficient (Wildman–Crippen LogP) is 5.18. The number of halogens is 3. The fraction of sp³-hybridized carbons (Fsp3) is 0.0870. The van der Waals surface area contributed by atoms with Crippen LogP contribution in [0.3, 0.4) is 0 Å². The summed E-state index contributed by atoms with van der Waals surface area (Å²) in [6.45, 7) is 0.303. The third-order valence-corrected chi connectivity index (χ3v) is 4.97. The van der Waals surface area contributed by atoms with Crippen molar-refractivity contribution >= 4 is 0 Å². The zero-order chi connectivity index (χ0) is 22.2. The summed E-state index contributed by atoms with van der Waals surface area (Å²) in [5.41, 5.74) is 1.70. The Hall–Kier alpha value is -4.14. The second-order valence-electron chi connectivity index (χ2n) is 7.06. The van der Waals surface area contributed by atoms with Crippen molar-refractivity contribution in [3.05, 3.63) is 84.1 Å². The van der Waals surface area contributed by atoms with Crippen molar-refractivity contribution in [1.29, 1.82) is 0 Å². The second-order valence-corrected chi connectivity index (χ2v) is 7.06. The molecule has 2 aromatic carbocycles. The van der Waals surface area contributed by atoms with Gasteiger partial charge in [0, 0.05) is 30.1 Å². The number of hydrogen-bond donors (Lipinski definition) is 0. The number of pyridine rings is 1. The van der Waals surface area contributed by atoms with Gasteiger partial charge in [-0.05, 0) is 30.3 Å². The first-order chi connectivity index (χ1) is 15.5. The van der Waals surface area contributed by atoms with E-state index in [1.54, 1.807) is 41.2 Å². The van der Waals surface area contributed by atoms with Crippen molar-refractivity contribution in [1.82, 2.24) is 19.7 Å². The molecular formula is C23H15F3N4O2. The van der Waals surface area contributed by atoms with Crippen LogP contribution >= 0.6 is 0 Å². The average Bonchev–Trinajstić information content (AvgIpc) is 3.42. The fourth-order valence-electron chi connectivity index (χ4n) is 3.37. The lowest BCUT2D eigenvalue weighted by Crippen LogP contribution is -1.99. The first kappa shape index (κ1) is 19.8. The average molecular weight is 436 g/mol. The van der Waals surface area contributed by atoms with E-state index in [0.29, 0.717) is 40.7 Å². The lowest BCUT2D eigenvalue weighted by molar-refractivity contribution is 0.377. The standard InChI is InChI=1S/C23H15F3N4O2/c1-31-13-5-6-15(18(25)9-13)20-10-14(32-29-20)11-30-8-7-19-21(12-30)28-23(27-19)16-3-2-4-17(24)22(16)26/h2-10,12H,11H2,1H3. The van der Waals surface area contributed by atoms with Crippen LogP contribution in [0.2, 0.25) is 0 Å². The number of rotatable bonds is 5. The minimum absolute atomic E-state index is 0.00542. The van der Waals surface area contributed by atoms with E-state index in [0.717, 1.165) is 6.07 Å². The van der Waals surface area contributed by atoms with Gasteiger partial charge in [0.2, 0.25) is 0 Å². The zero-order valence-electron chi connectivity index (χ0n) is 16.7. The highest BCUT2D eigenvalue weighted by Crippen LogP contribution is 2.29. The molecule has 0 radical (unpaired) electrons. The summed E-state index contributed by atoms with van der Waals surface area (Å²) in [7, 11) is 1.46. The molecule has 9 heteroatoms. The molecule has 0 spiro atoms. The van der Waals surface area contributed by atoms with Crippen molar-refractivity contribution in [2.75, 3.05) is 7.11 Å².